The number of nitrogens with zero attached hydrogens (tertiary/aromatic N) is 3. The first-order valence-electron chi connectivity index (χ1n) is 8.56. The second-order valence-electron chi connectivity index (χ2n) is 6.74. The first-order chi connectivity index (χ1) is 11.5. The van der Waals surface area contributed by atoms with Crippen molar-refractivity contribution in [3.8, 4) is 11.4 Å². The first kappa shape index (κ1) is 16.6. The lowest BCUT2D eigenvalue weighted by molar-refractivity contribution is -0.116. The number of halogens is 1. The van der Waals surface area contributed by atoms with Crippen LogP contribution in [0.2, 0.25) is 0 Å². The Morgan fingerprint density at radius 3 is 2.92 bits per heavy atom. The molecule has 2 heterocycles. The minimum Gasteiger partial charge on any atom is -0.326 e. The minimum atomic E-state index is -0.351. The van der Waals surface area contributed by atoms with E-state index in [1.54, 1.807) is 12.1 Å². The summed E-state index contributed by atoms with van der Waals surface area (Å²) in [5.74, 6) is 1.32. The van der Waals surface area contributed by atoms with E-state index in [2.05, 4.69) is 15.5 Å². The number of hydrogen-bond donors (Lipinski definition) is 1. The largest absolute Gasteiger partial charge is 0.326 e. The van der Waals surface area contributed by atoms with Crippen molar-refractivity contribution in [2.45, 2.75) is 52.5 Å². The Kier molecular flexibility index (Phi) is 4.92. The summed E-state index contributed by atoms with van der Waals surface area (Å²) in [6.07, 6.45) is 4.60. The lowest BCUT2D eigenvalue weighted by Crippen LogP contribution is -2.14. The van der Waals surface area contributed by atoms with Gasteiger partial charge in [0.1, 0.15) is 11.6 Å². The van der Waals surface area contributed by atoms with Crippen LogP contribution in [0.3, 0.4) is 0 Å². The lowest BCUT2D eigenvalue weighted by Gasteiger charge is -2.11. The monoisotopic (exact) mass is 330 g/mol. The van der Waals surface area contributed by atoms with Gasteiger partial charge in [-0.25, -0.2) is 4.39 Å². The number of nitrogens with one attached hydrogen (secondary N) is 1. The zero-order chi connectivity index (χ0) is 17.1. The van der Waals surface area contributed by atoms with Crippen LogP contribution in [0.5, 0.6) is 0 Å². The van der Waals surface area contributed by atoms with Crippen LogP contribution in [0, 0.1) is 11.7 Å². The van der Waals surface area contributed by atoms with Gasteiger partial charge in [0.2, 0.25) is 5.91 Å². The zero-order valence-corrected chi connectivity index (χ0v) is 14.2. The van der Waals surface area contributed by atoms with Crippen LogP contribution < -0.4 is 5.32 Å². The Bertz CT molecular complexity index is 739. The molecule has 1 aromatic heterocycles. The fourth-order valence-electron chi connectivity index (χ4n) is 3.04. The molecule has 6 heteroatoms. The van der Waals surface area contributed by atoms with E-state index >= 15 is 0 Å². The molecule has 0 unspecified atom stereocenters. The minimum absolute atomic E-state index is 0.0670. The van der Waals surface area contributed by atoms with Crippen molar-refractivity contribution in [2.75, 3.05) is 5.32 Å². The molecule has 128 valence electrons. The van der Waals surface area contributed by atoms with E-state index in [1.807, 2.05) is 18.4 Å². The number of aryl methyl sites for hydroxylation is 1. The molecule has 5 nitrogen and oxygen atoms in total. The Balaban J connectivity index is 1.90. The van der Waals surface area contributed by atoms with Gasteiger partial charge in [0.15, 0.2) is 5.82 Å². The molecule has 1 aromatic carbocycles. The molecule has 1 aliphatic heterocycles. The van der Waals surface area contributed by atoms with E-state index in [-0.39, 0.29) is 17.6 Å². The normalized spacial score (nSPS) is 14.3. The number of rotatable bonds is 4. The van der Waals surface area contributed by atoms with Crippen molar-refractivity contribution in [1.82, 2.24) is 14.8 Å². The van der Waals surface area contributed by atoms with Crippen molar-refractivity contribution in [1.29, 1.82) is 0 Å². The van der Waals surface area contributed by atoms with Crippen LogP contribution in [-0.4, -0.2) is 20.7 Å². The summed E-state index contributed by atoms with van der Waals surface area (Å²) < 4.78 is 16.4. The number of carbonyl (C=O) groups is 1. The van der Waals surface area contributed by atoms with Gasteiger partial charge in [-0.1, -0.05) is 20.3 Å². The molecule has 0 atom stereocenters. The topological polar surface area (TPSA) is 59.8 Å². The highest BCUT2D eigenvalue weighted by molar-refractivity contribution is 5.91. The van der Waals surface area contributed by atoms with Crippen molar-refractivity contribution in [3.05, 3.63) is 29.8 Å². The Hall–Kier alpha value is -2.24. The fraction of sp³-hybridized carbons (Fsp3) is 0.500. The van der Waals surface area contributed by atoms with Crippen molar-refractivity contribution >= 4 is 11.6 Å². The predicted molar refractivity (Wildman–Crippen MR) is 91.1 cm³/mol. The van der Waals surface area contributed by atoms with Gasteiger partial charge in [-0.2, -0.15) is 0 Å². The quantitative estimate of drug-likeness (QED) is 0.927. The molecule has 0 bridgehead atoms. The number of aromatic nitrogens is 3. The molecular weight excluding hydrogens is 307 g/mol. The molecule has 0 saturated carbocycles. The third-order valence-corrected chi connectivity index (χ3v) is 4.19. The van der Waals surface area contributed by atoms with Crippen molar-refractivity contribution in [3.63, 3.8) is 0 Å². The van der Waals surface area contributed by atoms with Crippen molar-refractivity contribution in [2.24, 2.45) is 5.92 Å². The van der Waals surface area contributed by atoms with E-state index in [9.17, 15) is 9.18 Å². The molecule has 24 heavy (non-hydrogen) atoms. The molecule has 1 amide bonds. The summed E-state index contributed by atoms with van der Waals surface area (Å²) >= 11 is 0. The number of benzene rings is 1. The maximum atomic E-state index is 14.4. The average molecular weight is 330 g/mol. The fourth-order valence-corrected chi connectivity index (χ4v) is 3.04. The molecule has 3 rings (SSSR count). The van der Waals surface area contributed by atoms with Gasteiger partial charge in [-0.15, -0.1) is 10.2 Å². The Morgan fingerprint density at radius 2 is 2.12 bits per heavy atom. The second kappa shape index (κ2) is 7.11. The van der Waals surface area contributed by atoms with Crippen LogP contribution in [0.25, 0.3) is 11.4 Å². The first-order valence-corrected chi connectivity index (χ1v) is 8.56. The summed E-state index contributed by atoms with van der Waals surface area (Å²) in [4.78, 5) is 11.9. The molecule has 0 fully saturated rings. The van der Waals surface area contributed by atoms with Gasteiger partial charge in [0, 0.05) is 25.1 Å². The molecule has 0 radical (unpaired) electrons. The standard InChI is InChI=1S/C18H23FN4O/c1-12(2)10-17(24)20-13-7-8-15(19)14(11-13)18-22-21-16-6-4-3-5-9-23(16)18/h7-8,11-12H,3-6,9-10H2,1-2H3,(H,20,24). The third-order valence-electron chi connectivity index (χ3n) is 4.19. The number of carbonyl (C=O) groups excluding carboxylic acids is 1. The van der Waals surface area contributed by atoms with Crippen LogP contribution in [0.15, 0.2) is 18.2 Å². The molecule has 0 saturated heterocycles. The predicted octanol–water partition coefficient (Wildman–Crippen LogP) is 3.80. The van der Waals surface area contributed by atoms with E-state index in [0.717, 1.165) is 38.1 Å². The lowest BCUT2D eigenvalue weighted by atomic mass is 10.1. The maximum Gasteiger partial charge on any atom is 0.224 e. The molecule has 0 spiro atoms. The smallest absolute Gasteiger partial charge is 0.224 e. The number of hydrogen-bond acceptors (Lipinski definition) is 3. The SMILES string of the molecule is CC(C)CC(=O)Nc1ccc(F)c(-c2nnc3n2CCCCC3)c1. The Labute approximate surface area is 141 Å². The zero-order valence-electron chi connectivity index (χ0n) is 14.2. The number of anilines is 1. The molecular formula is C18H23FN4O. The highest BCUT2D eigenvalue weighted by Gasteiger charge is 2.19. The summed E-state index contributed by atoms with van der Waals surface area (Å²) in [5.41, 5.74) is 0.973. The van der Waals surface area contributed by atoms with Gasteiger partial charge in [0.25, 0.3) is 0 Å². The van der Waals surface area contributed by atoms with Gasteiger partial charge in [-0.05, 0) is 37.0 Å². The van der Waals surface area contributed by atoms with Gasteiger partial charge in [-0.3, -0.25) is 4.79 Å². The third kappa shape index (κ3) is 3.63. The molecule has 0 aliphatic carbocycles. The Morgan fingerprint density at radius 1 is 1.29 bits per heavy atom. The summed E-state index contributed by atoms with van der Waals surface area (Å²) in [5, 5.41) is 11.3. The van der Waals surface area contributed by atoms with Gasteiger partial charge in [0.05, 0.1) is 5.56 Å². The van der Waals surface area contributed by atoms with Gasteiger partial charge >= 0.3 is 0 Å². The van der Waals surface area contributed by atoms with E-state index < -0.39 is 0 Å². The van der Waals surface area contributed by atoms with Crippen LogP contribution >= 0.6 is 0 Å². The van der Waals surface area contributed by atoms with Crippen LogP contribution in [0.4, 0.5) is 10.1 Å². The van der Waals surface area contributed by atoms with Crippen LogP contribution in [0.1, 0.15) is 45.4 Å². The van der Waals surface area contributed by atoms with E-state index in [4.69, 9.17) is 0 Å². The van der Waals surface area contributed by atoms with E-state index in [0.29, 0.717) is 23.5 Å². The summed E-state index contributed by atoms with van der Waals surface area (Å²) in [6, 6.07) is 4.60. The molecule has 1 aliphatic rings. The van der Waals surface area contributed by atoms with E-state index in [1.165, 1.54) is 6.07 Å². The highest BCUT2D eigenvalue weighted by Crippen LogP contribution is 2.27. The number of amides is 1. The number of fused-ring (bicyclic) bond motifs is 1. The molecule has 2 aromatic rings. The van der Waals surface area contributed by atoms with Gasteiger partial charge < -0.3 is 9.88 Å². The highest BCUT2D eigenvalue weighted by atomic mass is 19.1. The second-order valence-corrected chi connectivity index (χ2v) is 6.74. The van der Waals surface area contributed by atoms with Crippen LogP contribution in [-0.2, 0) is 17.8 Å². The summed E-state index contributed by atoms with van der Waals surface area (Å²) in [6.45, 7) is 4.78. The van der Waals surface area contributed by atoms with Crippen molar-refractivity contribution < 1.29 is 9.18 Å². The summed E-state index contributed by atoms with van der Waals surface area (Å²) in [7, 11) is 0. The molecule has 1 N–H and O–H groups in total. The maximum absolute atomic E-state index is 14.4. The average Bonchev–Trinajstić information content (AvgIpc) is 2.76.